The van der Waals surface area contributed by atoms with Crippen LogP contribution in [0.1, 0.15) is 11.1 Å². The van der Waals surface area contributed by atoms with Gasteiger partial charge in [-0.25, -0.2) is 0 Å². The van der Waals surface area contributed by atoms with Crippen LogP contribution in [0.3, 0.4) is 0 Å². The average molecular weight is 639 g/mol. The molecule has 7 aromatic carbocycles. The molecule has 2 heteroatoms. The first kappa shape index (κ1) is 29.5. The Kier molecular flexibility index (Phi) is 7.33. The van der Waals surface area contributed by atoms with Crippen LogP contribution in [0.5, 0.6) is 0 Å². The lowest BCUT2D eigenvalue weighted by atomic mass is 9.97. The zero-order valence-corrected chi connectivity index (χ0v) is 27.6. The fraction of sp³-hybridized carbons (Fsp3) is 0. The van der Waals surface area contributed by atoms with Gasteiger partial charge in [0.1, 0.15) is 0 Å². The quantitative estimate of drug-likeness (QED) is 0.182. The van der Waals surface area contributed by atoms with Crippen LogP contribution in [0.2, 0.25) is 0 Å². The van der Waals surface area contributed by atoms with Gasteiger partial charge in [0.05, 0.1) is 22.4 Å². The standard InChI is InChI=1S/C48H34N2/c1-34-16-15-27-45(49(40-21-9-4-10-22-40)46-25-13-11-23-42(34)46)37-28-29-48-44(33-37)43-24-12-14-26-47(43)50(48)41-31-38(35-17-5-2-6-18-35)30-39(32-41)36-19-7-3-8-20-36/h2-33H,1H2/b16-15-,45-27-. The van der Waals surface area contributed by atoms with Crippen LogP contribution >= 0.6 is 0 Å². The van der Waals surface area contributed by atoms with Crippen LogP contribution in [0.15, 0.2) is 201 Å². The number of rotatable bonds is 5. The lowest BCUT2D eigenvalue weighted by molar-refractivity contribution is 1.18. The molecule has 0 saturated carbocycles. The molecule has 8 aromatic rings. The topological polar surface area (TPSA) is 8.17 Å². The Morgan fingerprint density at radius 2 is 1.02 bits per heavy atom. The number of para-hydroxylation sites is 3. The molecule has 2 heterocycles. The second-order valence-corrected chi connectivity index (χ2v) is 12.7. The maximum Gasteiger partial charge on any atom is 0.0541 e. The first-order valence-electron chi connectivity index (χ1n) is 17.0. The van der Waals surface area contributed by atoms with Crippen molar-refractivity contribution in [3.05, 3.63) is 212 Å². The molecule has 0 atom stereocenters. The number of anilines is 2. The van der Waals surface area contributed by atoms with Crippen LogP contribution in [0.4, 0.5) is 11.4 Å². The summed E-state index contributed by atoms with van der Waals surface area (Å²) in [4.78, 5) is 2.36. The van der Waals surface area contributed by atoms with Crippen molar-refractivity contribution >= 4 is 44.5 Å². The van der Waals surface area contributed by atoms with E-state index in [0.717, 1.165) is 39.5 Å². The van der Waals surface area contributed by atoms with Gasteiger partial charge in [0.2, 0.25) is 0 Å². The van der Waals surface area contributed by atoms with Crippen molar-refractivity contribution in [2.75, 3.05) is 4.90 Å². The predicted octanol–water partition coefficient (Wildman–Crippen LogP) is 12.9. The SMILES string of the molecule is C=C1/C=C\C=C(\c2ccc3c(c2)c2ccccc2n3-c2cc(-c3ccccc3)cc(-c3ccccc3)c2)N(c2ccccc2)c2ccccc21. The van der Waals surface area contributed by atoms with Crippen molar-refractivity contribution in [1.29, 1.82) is 0 Å². The molecular weight excluding hydrogens is 605 g/mol. The minimum Gasteiger partial charge on any atom is -0.309 e. The molecule has 236 valence electrons. The van der Waals surface area contributed by atoms with Crippen molar-refractivity contribution < 1.29 is 0 Å². The summed E-state index contributed by atoms with van der Waals surface area (Å²) < 4.78 is 2.42. The molecule has 0 amide bonds. The molecule has 2 nitrogen and oxygen atoms in total. The Labute approximate surface area is 292 Å². The van der Waals surface area contributed by atoms with E-state index < -0.39 is 0 Å². The molecule has 9 rings (SSSR count). The van der Waals surface area contributed by atoms with E-state index in [1.54, 1.807) is 0 Å². The largest absolute Gasteiger partial charge is 0.309 e. The summed E-state index contributed by atoms with van der Waals surface area (Å²) >= 11 is 0. The predicted molar refractivity (Wildman–Crippen MR) is 213 cm³/mol. The average Bonchev–Trinajstić information content (AvgIpc) is 3.51. The fourth-order valence-corrected chi connectivity index (χ4v) is 7.32. The number of fused-ring (bicyclic) bond motifs is 4. The highest BCUT2D eigenvalue weighted by molar-refractivity contribution is 6.11. The van der Waals surface area contributed by atoms with E-state index in [4.69, 9.17) is 0 Å². The summed E-state index contributed by atoms with van der Waals surface area (Å²) in [6, 6.07) is 63.1. The van der Waals surface area contributed by atoms with E-state index in [2.05, 4.69) is 210 Å². The number of aromatic nitrogens is 1. The Hall–Kier alpha value is -6.64. The number of allylic oxidation sites excluding steroid dienone is 4. The number of benzene rings is 7. The summed E-state index contributed by atoms with van der Waals surface area (Å²) in [6.07, 6.45) is 6.44. The second kappa shape index (κ2) is 12.4. The summed E-state index contributed by atoms with van der Waals surface area (Å²) in [7, 11) is 0. The fourth-order valence-electron chi connectivity index (χ4n) is 7.32. The highest BCUT2D eigenvalue weighted by Crippen LogP contribution is 2.42. The van der Waals surface area contributed by atoms with E-state index in [9.17, 15) is 0 Å². The van der Waals surface area contributed by atoms with Gasteiger partial charge in [0.15, 0.2) is 0 Å². The normalized spacial score (nSPS) is 14.5. The van der Waals surface area contributed by atoms with Crippen molar-refractivity contribution in [1.82, 2.24) is 4.57 Å². The minimum atomic E-state index is 0.989. The Balaban J connectivity index is 1.27. The number of hydrogen-bond acceptors (Lipinski definition) is 1. The van der Waals surface area contributed by atoms with Gasteiger partial charge in [-0.1, -0.05) is 140 Å². The van der Waals surface area contributed by atoms with Gasteiger partial charge < -0.3 is 9.47 Å². The van der Waals surface area contributed by atoms with Crippen molar-refractivity contribution in [2.45, 2.75) is 0 Å². The van der Waals surface area contributed by atoms with Gasteiger partial charge in [-0.3, -0.25) is 0 Å². The maximum absolute atomic E-state index is 4.40. The second-order valence-electron chi connectivity index (χ2n) is 12.7. The molecule has 1 aromatic heterocycles. The van der Waals surface area contributed by atoms with Crippen LogP contribution in [0.25, 0.3) is 61.0 Å². The van der Waals surface area contributed by atoms with E-state index in [0.29, 0.717) is 0 Å². The zero-order valence-electron chi connectivity index (χ0n) is 27.6. The number of hydrogen-bond donors (Lipinski definition) is 0. The molecule has 0 aliphatic carbocycles. The van der Waals surface area contributed by atoms with E-state index in [-0.39, 0.29) is 0 Å². The summed E-state index contributed by atoms with van der Waals surface area (Å²) in [5.41, 5.74) is 14.8. The van der Waals surface area contributed by atoms with Crippen LogP contribution in [-0.4, -0.2) is 4.57 Å². The lowest BCUT2D eigenvalue weighted by Crippen LogP contribution is -2.17. The molecule has 0 bridgehead atoms. The van der Waals surface area contributed by atoms with E-state index >= 15 is 0 Å². The van der Waals surface area contributed by atoms with Crippen LogP contribution < -0.4 is 4.90 Å². The Bertz CT molecular complexity index is 2530. The first-order valence-corrected chi connectivity index (χ1v) is 17.0. The van der Waals surface area contributed by atoms with Gasteiger partial charge in [-0.2, -0.15) is 0 Å². The van der Waals surface area contributed by atoms with Crippen molar-refractivity contribution in [3.63, 3.8) is 0 Å². The molecule has 0 saturated heterocycles. The monoisotopic (exact) mass is 638 g/mol. The van der Waals surface area contributed by atoms with Gasteiger partial charge in [0, 0.05) is 27.7 Å². The van der Waals surface area contributed by atoms with Gasteiger partial charge >= 0.3 is 0 Å². The minimum absolute atomic E-state index is 0.989. The van der Waals surface area contributed by atoms with Crippen molar-refractivity contribution in [2.24, 2.45) is 0 Å². The Morgan fingerprint density at radius 3 is 1.74 bits per heavy atom. The highest BCUT2D eigenvalue weighted by Gasteiger charge is 2.22. The molecule has 0 fully saturated rings. The number of nitrogens with zero attached hydrogens (tertiary/aromatic N) is 2. The van der Waals surface area contributed by atoms with Gasteiger partial charge in [-0.05, 0) is 94.1 Å². The molecule has 0 spiro atoms. The molecule has 0 N–H and O–H groups in total. The van der Waals surface area contributed by atoms with Crippen LogP contribution in [-0.2, 0) is 0 Å². The third kappa shape index (κ3) is 5.15. The summed E-state index contributed by atoms with van der Waals surface area (Å²) in [5, 5.41) is 2.43. The van der Waals surface area contributed by atoms with E-state index in [1.165, 1.54) is 44.1 Å². The summed E-state index contributed by atoms with van der Waals surface area (Å²) in [6.45, 7) is 4.40. The molecule has 0 radical (unpaired) electrons. The lowest BCUT2D eigenvalue weighted by Gasteiger charge is -2.31. The third-order valence-electron chi connectivity index (χ3n) is 9.66. The molecule has 0 unspecified atom stereocenters. The van der Waals surface area contributed by atoms with Gasteiger partial charge in [-0.15, -0.1) is 0 Å². The molecule has 50 heavy (non-hydrogen) atoms. The molecular formula is C48H34N2. The van der Waals surface area contributed by atoms with Crippen molar-refractivity contribution in [3.8, 4) is 27.9 Å². The molecule has 1 aliphatic heterocycles. The Morgan fingerprint density at radius 1 is 0.420 bits per heavy atom. The maximum atomic E-state index is 4.40. The molecule has 1 aliphatic rings. The smallest absolute Gasteiger partial charge is 0.0541 e. The van der Waals surface area contributed by atoms with Gasteiger partial charge in [0.25, 0.3) is 0 Å². The first-order chi connectivity index (χ1) is 24.7. The van der Waals surface area contributed by atoms with Crippen LogP contribution in [0, 0.1) is 0 Å². The third-order valence-corrected chi connectivity index (χ3v) is 9.66. The zero-order chi connectivity index (χ0) is 33.4. The summed E-state index contributed by atoms with van der Waals surface area (Å²) in [5.74, 6) is 0. The highest BCUT2D eigenvalue weighted by atomic mass is 15.2. The van der Waals surface area contributed by atoms with E-state index in [1.807, 2.05) is 0 Å².